The van der Waals surface area contributed by atoms with Crippen LogP contribution in [0, 0.1) is 11.8 Å². The summed E-state index contributed by atoms with van der Waals surface area (Å²) in [4.78, 5) is 23.3. The first-order valence-electron chi connectivity index (χ1n) is 6.65. The molecule has 108 valence electrons. The molecule has 0 saturated carbocycles. The van der Waals surface area contributed by atoms with Crippen LogP contribution in [0.3, 0.4) is 0 Å². The molecule has 1 heterocycles. The maximum atomic E-state index is 12.1. The molecule has 7 nitrogen and oxygen atoms in total. The van der Waals surface area contributed by atoms with Crippen LogP contribution in [0.2, 0.25) is 0 Å². The Kier molecular flexibility index (Phi) is 4.49. The second-order valence-electron chi connectivity index (χ2n) is 4.75. The number of aliphatic carboxylic acids is 1. The van der Waals surface area contributed by atoms with Crippen LogP contribution in [0.15, 0.2) is 18.5 Å². The molecule has 0 bridgehead atoms. The molecule has 1 aromatic rings. The lowest BCUT2D eigenvalue weighted by Gasteiger charge is -2.24. The van der Waals surface area contributed by atoms with Gasteiger partial charge in [-0.25, -0.2) is 0 Å². The number of hydrogen-bond acceptors (Lipinski definition) is 4. The Morgan fingerprint density at radius 3 is 2.75 bits per heavy atom. The van der Waals surface area contributed by atoms with Crippen molar-refractivity contribution in [1.82, 2.24) is 20.1 Å². The van der Waals surface area contributed by atoms with E-state index in [1.54, 1.807) is 6.33 Å². The molecule has 0 saturated heterocycles. The van der Waals surface area contributed by atoms with Crippen molar-refractivity contribution < 1.29 is 14.7 Å². The minimum absolute atomic E-state index is 0.243. The van der Waals surface area contributed by atoms with E-state index in [0.717, 1.165) is 6.54 Å². The number of rotatable bonds is 5. The quantitative estimate of drug-likeness (QED) is 0.768. The van der Waals surface area contributed by atoms with Crippen molar-refractivity contribution in [2.45, 2.75) is 32.9 Å². The molecule has 0 aromatic carbocycles. The summed E-state index contributed by atoms with van der Waals surface area (Å²) < 4.78 is 1.83. The monoisotopic (exact) mass is 278 g/mol. The van der Waals surface area contributed by atoms with Crippen molar-refractivity contribution in [1.29, 1.82) is 0 Å². The lowest BCUT2D eigenvalue weighted by Crippen LogP contribution is -2.38. The Bertz CT molecular complexity index is 523. The second-order valence-corrected chi connectivity index (χ2v) is 4.75. The summed E-state index contributed by atoms with van der Waals surface area (Å²) in [5.74, 6) is -1.67. The van der Waals surface area contributed by atoms with Gasteiger partial charge >= 0.3 is 5.97 Å². The van der Waals surface area contributed by atoms with Crippen LogP contribution in [0.1, 0.15) is 25.6 Å². The fraction of sp³-hybridized carbons (Fsp3) is 0.538. The molecular formula is C13H18N4O3. The summed E-state index contributed by atoms with van der Waals surface area (Å²) in [6.45, 7) is 2.95. The highest BCUT2D eigenvalue weighted by atomic mass is 16.4. The smallest absolute Gasteiger partial charge is 0.307 e. The summed E-state index contributed by atoms with van der Waals surface area (Å²) in [5, 5.41) is 19.6. The summed E-state index contributed by atoms with van der Waals surface area (Å²) in [5.41, 5.74) is 0. The lowest BCUT2D eigenvalue weighted by molar-refractivity contribution is -0.147. The predicted octanol–water partition coefficient (Wildman–Crippen LogP) is 0.581. The molecule has 1 aliphatic rings. The van der Waals surface area contributed by atoms with Crippen LogP contribution in [-0.4, -0.2) is 31.7 Å². The zero-order valence-corrected chi connectivity index (χ0v) is 11.3. The third-order valence-electron chi connectivity index (χ3n) is 3.54. The number of carboxylic acid groups (broad SMARTS) is 1. The Morgan fingerprint density at radius 1 is 1.40 bits per heavy atom. The third kappa shape index (κ3) is 3.04. The number of hydrogen-bond donors (Lipinski definition) is 2. The fourth-order valence-electron chi connectivity index (χ4n) is 2.35. The van der Waals surface area contributed by atoms with Gasteiger partial charge in [-0.2, -0.15) is 0 Å². The molecule has 20 heavy (non-hydrogen) atoms. The van der Waals surface area contributed by atoms with Gasteiger partial charge in [0, 0.05) is 6.54 Å². The molecule has 1 amide bonds. The van der Waals surface area contributed by atoms with Gasteiger partial charge in [0.2, 0.25) is 5.91 Å². The molecule has 0 spiro atoms. The van der Waals surface area contributed by atoms with Gasteiger partial charge < -0.3 is 15.0 Å². The van der Waals surface area contributed by atoms with Gasteiger partial charge in [-0.15, -0.1) is 10.2 Å². The number of carbonyl (C=O) groups excluding carboxylic acids is 1. The minimum Gasteiger partial charge on any atom is -0.481 e. The van der Waals surface area contributed by atoms with E-state index >= 15 is 0 Å². The van der Waals surface area contributed by atoms with Gasteiger partial charge in [0.15, 0.2) is 5.82 Å². The van der Waals surface area contributed by atoms with E-state index in [1.165, 1.54) is 0 Å². The van der Waals surface area contributed by atoms with Gasteiger partial charge in [-0.1, -0.05) is 12.2 Å². The van der Waals surface area contributed by atoms with Crippen LogP contribution in [0.5, 0.6) is 0 Å². The first-order valence-corrected chi connectivity index (χ1v) is 6.65. The standard InChI is InChI=1S/C13H18N4O3/c1-2-17-8-15-16-11(17)7-14-12(18)9-5-3-4-6-10(9)13(19)20/h3-4,8-10H,2,5-7H2,1H3,(H,14,18)(H,19,20)/t9-,10+/m1/s1. The van der Waals surface area contributed by atoms with Crippen LogP contribution >= 0.6 is 0 Å². The Hall–Kier alpha value is -2.18. The number of nitrogens with one attached hydrogen (secondary N) is 1. The molecular weight excluding hydrogens is 260 g/mol. The average molecular weight is 278 g/mol. The Balaban J connectivity index is 1.97. The van der Waals surface area contributed by atoms with Crippen LogP contribution < -0.4 is 5.32 Å². The number of nitrogens with zero attached hydrogens (tertiary/aromatic N) is 3. The molecule has 2 N–H and O–H groups in total. The summed E-state index contributed by atoms with van der Waals surface area (Å²) >= 11 is 0. The van der Waals surface area contributed by atoms with E-state index in [4.69, 9.17) is 5.11 Å². The second kappa shape index (κ2) is 6.31. The van der Waals surface area contributed by atoms with Crippen LogP contribution in [0.25, 0.3) is 0 Å². The molecule has 0 unspecified atom stereocenters. The van der Waals surface area contributed by atoms with Gasteiger partial charge in [-0.05, 0) is 19.8 Å². The predicted molar refractivity (Wildman–Crippen MR) is 70.5 cm³/mol. The van der Waals surface area contributed by atoms with Crippen molar-refractivity contribution in [3.63, 3.8) is 0 Å². The number of carboxylic acids is 1. The fourth-order valence-corrected chi connectivity index (χ4v) is 2.35. The van der Waals surface area contributed by atoms with Crippen molar-refractivity contribution in [2.75, 3.05) is 0 Å². The van der Waals surface area contributed by atoms with E-state index in [1.807, 2.05) is 23.6 Å². The summed E-state index contributed by atoms with van der Waals surface area (Å²) in [6.07, 6.45) is 6.14. The van der Waals surface area contributed by atoms with Gasteiger partial charge in [0.25, 0.3) is 0 Å². The maximum absolute atomic E-state index is 12.1. The average Bonchev–Trinajstić information content (AvgIpc) is 2.92. The maximum Gasteiger partial charge on any atom is 0.307 e. The number of amides is 1. The highest BCUT2D eigenvalue weighted by Crippen LogP contribution is 2.26. The molecule has 0 fully saturated rings. The Morgan fingerprint density at radius 2 is 2.10 bits per heavy atom. The third-order valence-corrected chi connectivity index (χ3v) is 3.54. The summed E-state index contributed by atoms with van der Waals surface area (Å²) in [7, 11) is 0. The highest BCUT2D eigenvalue weighted by Gasteiger charge is 2.33. The van der Waals surface area contributed by atoms with E-state index in [2.05, 4.69) is 15.5 Å². The van der Waals surface area contributed by atoms with E-state index in [-0.39, 0.29) is 12.5 Å². The van der Waals surface area contributed by atoms with Gasteiger partial charge in [0.1, 0.15) is 6.33 Å². The number of carbonyl (C=O) groups is 2. The topological polar surface area (TPSA) is 97.1 Å². The number of allylic oxidation sites excluding steroid dienone is 2. The molecule has 1 aliphatic carbocycles. The largest absolute Gasteiger partial charge is 0.481 e. The number of aromatic nitrogens is 3. The van der Waals surface area contributed by atoms with Crippen molar-refractivity contribution in [3.05, 3.63) is 24.3 Å². The zero-order valence-electron chi connectivity index (χ0n) is 11.3. The van der Waals surface area contributed by atoms with Gasteiger partial charge in [0.05, 0.1) is 18.4 Å². The minimum atomic E-state index is -0.925. The van der Waals surface area contributed by atoms with Gasteiger partial charge in [-0.3, -0.25) is 9.59 Å². The molecule has 2 rings (SSSR count). The normalized spacial score (nSPS) is 21.6. The lowest BCUT2D eigenvalue weighted by atomic mass is 9.82. The molecule has 2 atom stereocenters. The van der Waals surface area contributed by atoms with Crippen molar-refractivity contribution in [3.8, 4) is 0 Å². The molecule has 0 aliphatic heterocycles. The van der Waals surface area contributed by atoms with Crippen LogP contribution in [0.4, 0.5) is 0 Å². The molecule has 7 heteroatoms. The first-order chi connectivity index (χ1) is 9.63. The SMILES string of the molecule is CCn1cnnc1CNC(=O)[C@@H]1CC=CC[C@@H]1C(=O)O. The van der Waals surface area contributed by atoms with E-state index in [0.29, 0.717) is 18.7 Å². The van der Waals surface area contributed by atoms with E-state index in [9.17, 15) is 9.59 Å². The highest BCUT2D eigenvalue weighted by molar-refractivity contribution is 5.85. The summed E-state index contributed by atoms with van der Waals surface area (Å²) in [6, 6.07) is 0. The molecule has 0 radical (unpaired) electrons. The Labute approximate surface area is 116 Å². The van der Waals surface area contributed by atoms with Crippen molar-refractivity contribution >= 4 is 11.9 Å². The van der Waals surface area contributed by atoms with Crippen molar-refractivity contribution in [2.24, 2.45) is 11.8 Å². The van der Waals surface area contributed by atoms with Crippen LogP contribution in [-0.2, 0) is 22.7 Å². The van der Waals surface area contributed by atoms with E-state index < -0.39 is 17.8 Å². The zero-order chi connectivity index (χ0) is 14.5. The number of aryl methyl sites for hydroxylation is 1. The first kappa shape index (κ1) is 14.2. The molecule has 1 aromatic heterocycles.